The molecule has 0 aliphatic carbocycles. The molecule has 7 nitrogen and oxygen atoms in total. The van der Waals surface area contributed by atoms with Crippen molar-refractivity contribution in [3.05, 3.63) is 66.1 Å². The van der Waals surface area contributed by atoms with Crippen LogP contribution in [0.25, 0.3) is 22.4 Å². The normalized spacial score (nSPS) is 15.3. The zero-order valence-corrected chi connectivity index (χ0v) is 15.9. The van der Waals surface area contributed by atoms with E-state index in [1.807, 2.05) is 43.3 Å². The first kappa shape index (κ1) is 17.5. The number of rotatable bonds is 5. The molecule has 146 valence electrons. The standard InChI is InChI=1S/C22H19N3O4/c1-14-8-16-9-15(6-7-20(16)28-14)21-10-17(24-29-21)12-27-22(26)11-25-13-23-18-4-2-3-5-19(18)25/h2-7,9-10,13-14H,8,11-12H2,1H3. The highest BCUT2D eigenvalue weighted by Crippen LogP contribution is 2.33. The van der Waals surface area contributed by atoms with Crippen molar-refractivity contribution < 1.29 is 18.8 Å². The molecule has 0 bridgehead atoms. The van der Waals surface area contributed by atoms with Crippen molar-refractivity contribution in [3.8, 4) is 17.1 Å². The lowest BCUT2D eigenvalue weighted by Gasteiger charge is -2.04. The number of carbonyl (C=O) groups excluding carboxylic acids is 1. The second kappa shape index (κ2) is 7.09. The van der Waals surface area contributed by atoms with E-state index in [4.69, 9.17) is 14.0 Å². The quantitative estimate of drug-likeness (QED) is 0.484. The van der Waals surface area contributed by atoms with Gasteiger partial charge in [-0.3, -0.25) is 4.79 Å². The minimum atomic E-state index is -0.360. The maximum atomic E-state index is 12.2. The van der Waals surface area contributed by atoms with E-state index in [0.717, 1.165) is 34.3 Å². The fourth-order valence-electron chi connectivity index (χ4n) is 3.57. The van der Waals surface area contributed by atoms with Gasteiger partial charge in [0, 0.05) is 18.1 Å². The summed E-state index contributed by atoms with van der Waals surface area (Å²) in [6.07, 6.45) is 2.71. The zero-order chi connectivity index (χ0) is 19.8. The molecule has 29 heavy (non-hydrogen) atoms. The Morgan fingerprint density at radius 1 is 1.24 bits per heavy atom. The number of esters is 1. The number of imidazole rings is 1. The fourth-order valence-corrected chi connectivity index (χ4v) is 3.57. The molecular weight excluding hydrogens is 370 g/mol. The molecule has 1 aliphatic heterocycles. The lowest BCUT2D eigenvalue weighted by Crippen LogP contribution is -2.12. The molecule has 5 rings (SSSR count). The van der Waals surface area contributed by atoms with Crippen LogP contribution >= 0.6 is 0 Å². The number of hydrogen-bond donors (Lipinski definition) is 0. The van der Waals surface area contributed by atoms with Gasteiger partial charge in [-0.25, -0.2) is 4.98 Å². The van der Waals surface area contributed by atoms with Crippen LogP contribution in [0.2, 0.25) is 0 Å². The molecule has 1 aliphatic rings. The molecule has 0 N–H and O–H groups in total. The second-order valence-electron chi connectivity index (χ2n) is 7.16. The Morgan fingerprint density at radius 2 is 2.14 bits per heavy atom. The van der Waals surface area contributed by atoms with Crippen LogP contribution in [-0.4, -0.2) is 26.8 Å². The molecule has 1 atom stereocenters. The van der Waals surface area contributed by atoms with E-state index in [9.17, 15) is 4.79 Å². The first-order valence-corrected chi connectivity index (χ1v) is 9.47. The summed E-state index contributed by atoms with van der Waals surface area (Å²) in [6, 6.07) is 15.4. The van der Waals surface area contributed by atoms with Gasteiger partial charge < -0.3 is 18.6 Å². The minimum Gasteiger partial charge on any atom is -0.490 e. The highest BCUT2D eigenvalue weighted by Gasteiger charge is 2.20. The summed E-state index contributed by atoms with van der Waals surface area (Å²) in [5, 5.41) is 4.02. The van der Waals surface area contributed by atoms with Crippen molar-refractivity contribution in [2.45, 2.75) is 32.6 Å². The summed E-state index contributed by atoms with van der Waals surface area (Å²) < 4.78 is 18.3. The summed E-state index contributed by atoms with van der Waals surface area (Å²) in [5.74, 6) is 1.20. The predicted octanol–water partition coefficient (Wildman–Crippen LogP) is 3.76. The van der Waals surface area contributed by atoms with Gasteiger partial charge in [0.1, 0.15) is 30.7 Å². The lowest BCUT2D eigenvalue weighted by molar-refractivity contribution is -0.145. The Bertz CT molecular complexity index is 1190. The molecule has 0 amide bonds. The summed E-state index contributed by atoms with van der Waals surface area (Å²) in [5.41, 5.74) is 4.39. The van der Waals surface area contributed by atoms with Crippen LogP contribution in [0.4, 0.5) is 0 Å². The van der Waals surface area contributed by atoms with Gasteiger partial charge in [0.2, 0.25) is 0 Å². The molecule has 4 aromatic rings. The topological polar surface area (TPSA) is 79.4 Å². The summed E-state index contributed by atoms with van der Waals surface area (Å²) >= 11 is 0. The molecule has 3 heterocycles. The van der Waals surface area contributed by atoms with E-state index in [1.165, 1.54) is 0 Å². The molecule has 0 saturated carbocycles. The molecule has 0 radical (unpaired) electrons. The number of ether oxygens (including phenoxy) is 2. The summed E-state index contributed by atoms with van der Waals surface area (Å²) in [6.45, 7) is 2.20. The fraction of sp³-hybridized carbons (Fsp3) is 0.227. The average Bonchev–Trinajstić information content (AvgIpc) is 3.44. The van der Waals surface area contributed by atoms with E-state index in [2.05, 4.69) is 16.2 Å². The number of fused-ring (bicyclic) bond motifs is 2. The van der Waals surface area contributed by atoms with Crippen LogP contribution < -0.4 is 4.74 Å². The van der Waals surface area contributed by atoms with Gasteiger partial charge in [-0.1, -0.05) is 17.3 Å². The Hall–Kier alpha value is -3.61. The highest BCUT2D eigenvalue weighted by atomic mass is 16.5. The van der Waals surface area contributed by atoms with Gasteiger partial charge in [-0.05, 0) is 42.8 Å². The maximum absolute atomic E-state index is 12.2. The number of hydrogen-bond acceptors (Lipinski definition) is 6. The van der Waals surface area contributed by atoms with Gasteiger partial charge in [-0.2, -0.15) is 0 Å². The SMILES string of the molecule is CC1Cc2cc(-c3cc(COC(=O)Cn4cnc5ccccc54)no3)ccc2O1. The molecule has 0 saturated heterocycles. The molecular formula is C22H19N3O4. The van der Waals surface area contributed by atoms with Gasteiger partial charge in [-0.15, -0.1) is 0 Å². The number of carbonyl (C=O) groups is 1. The molecule has 0 fully saturated rings. The van der Waals surface area contributed by atoms with Crippen molar-refractivity contribution in [2.24, 2.45) is 0 Å². The van der Waals surface area contributed by atoms with Crippen LogP contribution in [-0.2, 0) is 29.1 Å². The van der Waals surface area contributed by atoms with Crippen LogP contribution in [0.5, 0.6) is 5.75 Å². The van der Waals surface area contributed by atoms with Gasteiger partial charge in [0.05, 0.1) is 17.4 Å². The average molecular weight is 389 g/mol. The number of nitrogens with zero attached hydrogens (tertiary/aromatic N) is 3. The van der Waals surface area contributed by atoms with Crippen molar-refractivity contribution in [1.29, 1.82) is 0 Å². The van der Waals surface area contributed by atoms with E-state index in [0.29, 0.717) is 11.5 Å². The first-order valence-electron chi connectivity index (χ1n) is 9.47. The smallest absolute Gasteiger partial charge is 0.326 e. The molecule has 0 spiro atoms. The first-order chi connectivity index (χ1) is 14.2. The number of aromatic nitrogens is 3. The molecule has 2 aromatic heterocycles. The Kier molecular flexibility index (Phi) is 4.27. The number of para-hydroxylation sites is 2. The predicted molar refractivity (Wildman–Crippen MR) is 105 cm³/mol. The third kappa shape index (κ3) is 3.47. The molecule has 1 unspecified atom stereocenters. The zero-order valence-electron chi connectivity index (χ0n) is 15.9. The van der Waals surface area contributed by atoms with Crippen molar-refractivity contribution in [1.82, 2.24) is 14.7 Å². The monoisotopic (exact) mass is 389 g/mol. The minimum absolute atomic E-state index is 0.0556. The lowest BCUT2D eigenvalue weighted by atomic mass is 10.1. The van der Waals surface area contributed by atoms with Crippen molar-refractivity contribution in [3.63, 3.8) is 0 Å². The summed E-state index contributed by atoms with van der Waals surface area (Å²) in [7, 11) is 0. The van der Waals surface area contributed by atoms with E-state index >= 15 is 0 Å². The van der Waals surface area contributed by atoms with Crippen molar-refractivity contribution in [2.75, 3.05) is 0 Å². The highest BCUT2D eigenvalue weighted by molar-refractivity contribution is 5.78. The second-order valence-corrected chi connectivity index (χ2v) is 7.16. The third-order valence-corrected chi connectivity index (χ3v) is 4.95. The Morgan fingerprint density at radius 3 is 3.07 bits per heavy atom. The van der Waals surface area contributed by atoms with E-state index in [1.54, 1.807) is 17.0 Å². The number of benzene rings is 2. The Balaban J connectivity index is 1.23. The van der Waals surface area contributed by atoms with Gasteiger partial charge in [0.25, 0.3) is 0 Å². The van der Waals surface area contributed by atoms with E-state index < -0.39 is 0 Å². The third-order valence-electron chi connectivity index (χ3n) is 4.95. The maximum Gasteiger partial charge on any atom is 0.326 e. The largest absolute Gasteiger partial charge is 0.490 e. The van der Waals surface area contributed by atoms with Crippen LogP contribution in [0.1, 0.15) is 18.2 Å². The van der Waals surface area contributed by atoms with E-state index in [-0.39, 0.29) is 25.2 Å². The van der Waals surface area contributed by atoms with Crippen molar-refractivity contribution >= 4 is 17.0 Å². The molecule has 2 aromatic carbocycles. The summed E-state index contributed by atoms with van der Waals surface area (Å²) in [4.78, 5) is 16.5. The van der Waals surface area contributed by atoms with Crippen LogP contribution in [0, 0.1) is 0 Å². The Labute approximate surface area is 166 Å². The van der Waals surface area contributed by atoms with Gasteiger partial charge in [0.15, 0.2) is 5.76 Å². The van der Waals surface area contributed by atoms with Crippen LogP contribution in [0.15, 0.2) is 59.4 Å². The molecule has 7 heteroatoms. The van der Waals surface area contributed by atoms with Gasteiger partial charge >= 0.3 is 5.97 Å². The van der Waals surface area contributed by atoms with Crippen LogP contribution in [0.3, 0.4) is 0 Å².